The van der Waals surface area contributed by atoms with Gasteiger partial charge < -0.3 is 10.2 Å². The average Bonchev–Trinajstić information content (AvgIpc) is 2.81. The number of hydrogen-bond acceptors (Lipinski definition) is 4. The van der Waals surface area contributed by atoms with Crippen molar-refractivity contribution in [3.8, 4) is 0 Å². The van der Waals surface area contributed by atoms with Crippen LogP contribution in [0.5, 0.6) is 0 Å². The van der Waals surface area contributed by atoms with Gasteiger partial charge in [0, 0.05) is 30.6 Å². The molecule has 0 bridgehead atoms. The van der Waals surface area contributed by atoms with Gasteiger partial charge in [-0.15, -0.1) is 0 Å². The zero-order chi connectivity index (χ0) is 23.0. The zero-order valence-electron chi connectivity index (χ0n) is 18.2. The molecular formula is C24H29N3O4S. The Bertz CT molecular complexity index is 1060. The SMILES string of the molecule is Cc1ccc(/C=C/S(=O)(=O)NCC(=O)NCc2ccc(C(=O)N3CCCCC3)cc2)cc1. The molecule has 170 valence electrons. The van der Waals surface area contributed by atoms with E-state index in [4.69, 9.17) is 0 Å². The van der Waals surface area contributed by atoms with E-state index < -0.39 is 15.9 Å². The lowest BCUT2D eigenvalue weighted by molar-refractivity contribution is -0.120. The largest absolute Gasteiger partial charge is 0.351 e. The summed E-state index contributed by atoms with van der Waals surface area (Å²) >= 11 is 0. The average molecular weight is 456 g/mol. The number of piperidine rings is 1. The predicted molar refractivity (Wildman–Crippen MR) is 125 cm³/mol. The molecule has 1 aliphatic rings. The summed E-state index contributed by atoms with van der Waals surface area (Å²) in [5, 5.41) is 3.72. The molecule has 2 amide bonds. The monoisotopic (exact) mass is 455 g/mol. The summed E-state index contributed by atoms with van der Waals surface area (Å²) in [5.41, 5.74) is 3.31. The van der Waals surface area contributed by atoms with Crippen LogP contribution in [-0.2, 0) is 21.4 Å². The lowest BCUT2D eigenvalue weighted by atomic mass is 10.1. The number of nitrogens with one attached hydrogen (secondary N) is 2. The third-order valence-electron chi connectivity index (χ3n) is 5.28. The molecule has 0 spiro atoms. The Morgan fingerprint density at radius 3 is 2.28 bits per heavy atom. The fourth-order valence-corrected chi connectivity index (χ4v) is 4.13. The molecule has 0 saturated carbocycles. The molecule has 8 heteroatoms. The van der Waals surface area contributed by atoms with Crippen molar-refractivity contribution in [3.05, 3.63) is 76.2 Å². The van der Waals surface area contributed by atoms with Crippen molar-refractivity contribution in [2.45, 2.75) is 32.7 Å². The lowest BCUT2D eigenvalue weighted by Crippen LogP contribution is -2.36. The summed E-state index contributed by atoms with van der Waals surface area (Å²) < 4.78 is 26.4. The normalized spacial score (nSPS) is 14.5. The molecule has 1 heterocycles. The molecule has 0 aromatic heterocycles. The van der Waals surface area contributed by atoms with E-state index in [0.717, 1.165) is 48.0 Å². The molecule has 0 atom stereocenters. The van der Waals surface area contributed by atoms with Gasteiger partial charge in [0.05, 0.1) is 6.54 Å². The number of nitrogens with zero attached hydrogens (tertiary/aromatic N) is 1. The molecule has 0 aliphatic carbocycles. The second-order valence-corrected chi connectivity index (χ2v) is 9.56. The minimum atomic E-state index is -3.73. The van der Waals surface area contributed by atoms with Crippen LogP contribution in [0.1, 0.15) is 46.3 Å². The summed E-state index contributed by atoms with van der Waals surface area (Å²) in [6.45, 7) is 3.44. The summed E-state index contributed by atoms with van der Waals surface area (Å²) in [5.74, 6) is -0.404. The van der Waals surface area contributed by atoms with Crippen LogP contribution in [0.25, 0.3) is 6.08 Å². The topological polar surface area (TPSA) is 95.6 Å². The van der Waals surface area contributed by atoms with E-state index >= 15 is 0 Å². The van der Waals surface area contributed by atoms with E-state index in [1.807, 2.05) is 36.1 Å². The van der Waals surface area contributed by atoms with Crippen LogP contribution in [-0.4, -0.2) is 44.8 Å². The summed E-state index contributed by atoms with van der Waals surface area (Å²) in [7, 11) is -3.73. The predicted octanol–water partition coefficient (Wildman–Crippen LogP) is 2.83. The summed E-state index contributed by atoms with van der Waals surface area (Å²) in [6, 6.07) is 14.5. The minimum absolute atomic E-state index is 0.0355. The Morgan fingerprint density at radius 1 is 0.969 bits per heavy atom. The number of likely N-dealkylation sites (tertiary alicyclic amines) is 1. The molecule has 2 N–H and O–H groups in total. The number of aryl methyl sites for hydroxylation is 1. The van der Waals surface area contributed by atoms with E-state index in [0.29, 0.717) is 5.56 Å². The lowest BCUT2D eigenvalue weighted by Gasteiger charge is -2.26. The van der Waals surface area contributed by atoms with Crippen LogP contribution >= 0.6 is 0 Å². The first-order valence-corrected chi connectivity index (χ1v) is 12.3. The number of benzene rings is 2. The number of rotatable bonds is 8. The van der Waals surface area contributed by atoms with Crippen molar-refractivity contribution in [1.82, 2.24) is 14.9 Å². The van der Waals surface area contributed by atoms with Crippen LogP contribution in [0.4, 0.5) is 0 Å². The number of hydrogen-bond donors (Lipinski definition) is 2. The zero-order valence-corrected chi connectivity index (χ0v) is 19.0. The van der Waals surface area contributed by atoms with Crippen molar-refractivity contribution in [1.29, 1.82) is 0 Å². The van der Waals surface area contributed by atoms with Crippen molar-refractivity contribution < 1.29 is 18.0 Å². The molecule has 7 nitrogen and oxygen atoms in total. The van der Waals surface area contributed by atoms with Crippen LogP contribution in [0, 0.1) is 6.92 Å². The Balaban J connectivity index is 1.44. The van der Waals surface area contributed by atoms with Gasteiger partial charge in [0.2, 0.25) is 15.9 Å². The van der Waals surface area contributed by atoms with Gasteiger partial charge in [-0.05, 0) is 55.5 Å². The third kappa shape index (κ3) is 7.32. The molecular weight excluding hydrogens is 426 g/mol. The minimum Gasteiger partial charge on any atom is -0.351 e. The molecule has 2 aromatic rings. The number of carbonyl (C=O) groups excluding carboxylic acids is 2. The van der Waals surface area contributed by atoms with Crippen LogP contribution < -0.4 is 10.0 Å². The molecule has 32 heavy (non-hydrogen) atoms. The highest BCUT2D eigenvalue weighted by Crippen LogP contribution is 2.14. The van der Waals surface area contributed by atoms with Gasteiger partial charge in [-0.2, -0.15) is 0 Å². The van der Waals surface area contributed by atoms with Crippen LogP contribution in [0.3, 0.4) is 0 Å². The number of sulfonamides is 1. The Kier molecular flexibility index (Phi) is 8.19. The molecule has 1 fully saturated rings. The maximum Gasteiger partial charge on any atom is 0.253 e. The maximum absolute atomic E-state index is 12.5. The highest BCUT2D eigenvalue weighted by Gasteiger charge is 2.18. The van der Waals surface area contributed by atoms with E-state index in [1.165, 1.54) is 12.5 Å². The fraction of sp³-hybridized carbons (Fsp3) is 0.333. The van der Waals surface area contributed by atoms with Crippen molar-refractivity contribution in [2.75, 3.05) is 19.6 Å². The van der Waals surface area contributed by atoms with Crippen molar-refractivity contribution in [3.63, 3.8) is 0 Å². The third-order valence-corrected chi connectivity index (χ3v) is 6.33. The second kappa shape index (κ2) is 11.1. The van der Waals surface area contributed by atoms with Gasteiger partial charge in [-0.25, -0.2) is 13.1 Å². The van der Waals surface area contributed by atoms with E-state index in [-0.39, 0.29) is 19.0 Å². The smallest absolute Gasteiger partial charge is 0.253 e. The molecule has 2 aromatic carbocycles. The standard InChI is InChI=1S/C24H29N3O4S/c1-19-5-7-20(8-6-19)13-16-32(30,31)26-18-23(28)25-17-21-9-11-22(12-10-21)24(29)27-14-3-2-4-15-27/h5-13,16,26H,2-4,14-15,17-18H2,1H3,(H,25,28)/b16-13+. The number of amides is 2. The van der Waals surface area contributed by atoms with Crippen LogP contribution in [0.2, 0.25) is 0 Å². The maximum atomic E-state index is 12.5. The van der Waals surface area contributed by atoms with E-state index in [1.54, 1.807) is 24.3 Å². The van der Waals surface area contributed by atoms with Gasteiger partial charge in [0.1, 0.15) is 0 Å². The highest BCUT2D eigenvalue weighted by molar-refractivity contribution is 7.92. The Morgan fingerprint density at radius 2 is 1.62 bits per heavy atom. The first kappa shape index (κ1) is 23.7. The van der Waals surface area contributed by atoms with Crippen LogP contribution in [0.15, 0.2) is 53.9 Å². The molecule has 0 unspecified atom stereocenters. The fourth-order valence-electron chi connectivity index (χ4n) is 3.37. The quantitative estimate of drug-likeness (QED) is 0.640. The first-order chi connectivity index (χ1) is 15.3. The molecule has 1 aliphatic heterocycles. The molecule has 3 rings (SSSR count). The molecule has 1 saturated heterocycles. The van der Waals surface area contributed by atoms with E-state index in [2.05, 4.69) is 10.0 Å². The Labute approximate surface area is 189 Å². The van der Waals surface area contributed by atoms with Crippen molar-refractivity contribution in [2.24, 2.45) is 0 Å². The van der Waals surface area contributed by atoms with Gasteiger partial charge in [-0.1, -0.05) is 42.0 Å². The van der Waals surface area contributed by atoms with Gasteiger partial charge in [0.15, 0.2) is 0 Å². The van der Waals surface area contributed by atoms with Crippen molar-refractivity contribution >= 4 is 27.9 Å². The Hall–Kier alpha value is -2.97. The van der Waals surface area contributed by atoms with Gasteiger partial charge >= 0.3 is 0 Å². The first-order valence-electron chi connectivity index (χ1n) is 10.7. The van der Waals surface area contributed by atoms with Gasteiger partial charge in [-0.3, -0.25) is 9.59 Å². The van der Waals surface area contributed by atoms with Gasteiger partial charge in [0.25, 0.3) is 5.91 Å². The second-order valence-electron chi connectivity index (χ2n) is 7.91. The summed E-state index contributed by atoms with van der Waals surface area (Å²) in [6.07, 6.45) is 4.73. The molecule has 0 radical (unpaired) electrons. The number of carbonyl (C=O) groups is 2. The highest BCUT2D eigenvalue weighted by atomic mass is 32.2. The summed E-state index contributed by atoms with van der Waals surface area (Å²) in [4.78, 5) is 26.4. The van der Waals surface area contributed by atoms with E-state index in [9.17, 15) is 18.0 Å².